The number of rotatable bonds is 3. The Morgan fingerprint density at radius 3 is 2.67 bits per heavy atom. The van der Waals surface area contributed by atoms with Crippen LogP contribution in [0.2, 0.25) is 0 Å². The van der Waals surface area contributed by atoms with Crippen LogP contribution in [0.4, 0.5) is 11.4 Å². The minimum Gasteiger partial charge on any atom is -0.366 e. The summed E-state index contributed by atoms with van der Waals surface area (Å²) in [6.07, 6.45) is 3.46. The summed E-state index contributed by atoms with van der Waals surface area (Å²) < 4.78 is 0.751. The van der Waals surface area contributed by atoms with Crippen molar-refractivity contribution in [3.05, 3.63) is 32.8 Å². The van der Waals surface area contributed by atoms with Crippen LogP contribution in [0.25, 0.3) is 0 Å². The molecule has 1 fully saturated rings. The Kier molecular flexibility index (Phi) is 4.22. The van der Waals surface area contributed by atoms with Gasteiger partial charge in [-0.1, -0.05) is 29.3 Å². The van der Waals surface area contributed by atoms with Gasteiger partial charge < -0.3 is 4.90 Å². The van der Waals surface area contributed by atoms with Gasteiger partial charge in [0, 0.05) is 23.6 Å². The Morgan fingerprint density at radius 2 is 2.11 bits per heavy atom. The molecule has 1 aromatic rings. The average Bonchev–Trinajstić information content (AvgIpc) is 2.39. The monoisotopic (exact) mass is 312 g/mol. The molecule has 0 atom stereocenters. The SMILES string of the molecule is CCC1CCN(c2ccc(Br)cc2[N+](=O)[O-])CC1. The average molecular weight is 313 g/mol. The van der Waals surface area contributed by atoms with Crippen molar-refractivity contribution in [2.75, 3.05) is 18.0 Å². The van der Waals surface area contributed by atoms with Crippen molar-refractivity contribution in [2.24, 2.45) is 5.92 Å². The van der Waals surface area contributed by atoms with Crippen LogP contribution in [0, 0.1) is 16.0 Å². The fourth-order valence-electron chi connectivity index (χ4n) is 2.49. The lowest BCUT2D eigenvalue weighted by Gasteiger charge is -2.32. The molecule has 5 heteroatoms. The number of piperidine rings is 1. The molecule has 0 bridgehead atoms. The van der Waals surface area contributed by atoms with Crippen molar-refractivity contribution in [3.63, 3.8) is 0 Å². The maximum absolute atomic E-state index is 11.1. The summed E-state index contributed by atoms with van der Waals surface area (Å²) in [5.41, 5.74) is 0.942. The highest BCUT2D eigenvalue weighted by Gasteiger charge is 2.24. The third-order valence-electron chi connectivity index (χ3n) is 3.67. The number of nitro groups is 1. The highest BCUT2D eigenvalue weighted by Crippen LogP contribution is 2.34. The number of halogens is 1. The molecule has 98 valence electrons. The second-order valence-electron chi connectivity index (χ2n) is 4.73. The van der Waals surface area contributed by atoms with Gasteiger partial charge in [-0.3, -0.25) is 10.1 Å². The molecule has 4 nitrogen and oxygen atoms in total. The maximum Gasteiger partial charge on any atom is 0.293 e. The van der Waals surface area contributed by atoms with Crippen molar-refractivity contribution in [2.45, 2.75) is 26.2 Å². The normalized spacial score (nSPS) is 16.9. The van der Waals surface area contributed by atoms with Crippen LogP contribution in [-0.2, 0) is 0 Å². The molecule has 2 rings (SSSR count). The van der Waals surface area contributed by atoms with Crippen LogP contribution in [0.3, 0.4) is 0 Å². The molecule has 0 saturated carbocycles. The largest absolute Gasteiger partial charge is 0.366 e. The van der Waals surface area contributed by atoms with Crippen molar-refractivity contribution in [1.82, 2.24) is 0 Å². The van der Waals surface area contributed by atoms with Crippen LogP contribution in [0.5, 0.6) is 0 Å². The van der Waals surface area contributed by atoms with Crippen molar-refractivity contribution < 1.29 is 4.92 Å². The summed E-state index contributed by atoms with van der Waals surface area (Å²) in [5, 5.41) is 11.1. The Morgan fingerprint density at radius 1 is 1.44 bits per heavy atom. The highest BCUT2D eigenvalue weighted by atomic mass is 79.9. The summed E-state index contributed by atoms with van der Waals surface area (Å²) in [6.45, 7) is 4.05. The second-order valence-corrected chi connectivity index (χ2v) is 5.64. The number of nitro benzene ring substituents is 1. The third kappa shape index (κ3) is 2.83. The summed E-state index contributed by atoms with van der Waals surface area (Å²) in [7, 11) is 0. The van der Waals surface area contributed by atoms with E-state index in [9.17, 15) is 10.1 Å². The Bertz CT molecular complexity index is 443. The van der Waals surface area contributed by atoms with E-state index in [2.05, 4.69) is 27.8 Å². The minimum absolute atomic E-state index is 0.194. The first-order valence-electron chi connectivity index (χ1n) is 6.30. The number of benzene rings is 1. The van der Waals surface area contributed by atoms with E-state index in [0.29, 0.717) is 0 Å². The fourth-order valence-corrected chi connectivity index (χ4v) is 2.84. The molecule has 1 aromatic carbocycles. The molecule has 0 aromatic heterocycles. The first-order valence-corrected chi connectivity index (χ1v) is 7.10. The molecule has 1 saturated heterocycles. The quantitative estimate of drug-likeness (QED) is 0.626. The van der Waals surface area contributed by atoms with Gasteiger partial charge in [-0.2, -0.15) is 0 Å². The first kappa shape index (κ1) is 13.3. The van der Waals surface area contributed by atoms with Gasteiger partial charge in [-0.15, -0.1) is 0 Å². The molecular formula is C13H17BrN2O2. The minimum atomic E-state index is -0.300. The third-order valence-corrected chi connectivity index (χ3v) is 4.16. The van der Waals surface area contributed by atoms with Crippen molar-refractivity contribution in [3.8, 4) is 0 Å². The Balaban J connectivity index is 2.21. The van der Waals surface area contributed by atoms with Crippen LogP contribution >= 0.6 is 15.9 Å². The van der Waals surface area contributed by atoms with Gasteiger partial charge in [0.1, 0.15) is 5.69 Å². The molecule has 0 aliphatic carbocycles. The lowest BCUT2D eigenvalue weighted by molar-refractivity contribution is -0.384. The molecule has 1 aliphatic heterocycles. The van der Waals surface area contributed by atoms with Crippen LogP contribution in [0.15, 0.2) is 22.7 Å². The number of anilines is 1. The molecule has 0 unspecified atom stereocenters. The Hall–Kier alpha value is -1.10. The standard InChI is InChI=1S/C13H17BrN2O2/c1-2-10-5-7-15(8-6-10)12-4-3-11(14)9-13(12)16(17)18/h3-4,9-10H,2,5-8H2,1H3. The molecule has 1 heterocycles. The van der Waals surface area contributed by atoms with Crippen molar-refractivity contribution in [1.29, 1.82) is 0 Å². The van der Waals surface area contributed by atoms with E-state index >= 15 is 0 Å². The predicted molar refractivity (Wildman–Crippen MR) is 76.0 cm³/mol. The fraction of sp³-hybridized carbons (Fsp3) is 0.538. The topological polar surface area (TPSA) is 46.4 Å². The summed E-state index contributed by atoms with van der Waals surface area (Å²) in [4.78, 5) is 12.9. The lowest BCUT2D eigenvalue weighted by Crippen LogP contribution is -2.33. The lowest BCUT2D eigenvalue weighted by atomic mass is 9.94. The van der Waals surface area contributed by atoms with Gasteiger partial charge in [0.25, 0.3) is 5.69 Å². The van der Waals surface area contributed by atoms with E-state index in [0.717, 1.165) is 42.0 Å². The van der Waals surface area contributed by atoms with Crippen LogP contribution in [-0.4, -0.2) is 18.0 Å². The smallest absolute Gasteiger partial charge is 0.293 e. The van der Waals surface area contributed by atoms with Crippen molar-refractivity contribution >= 4 is 27.3 Å². The van der Waals surface area contributed by atoms with E-state index in [1.54, 1.807) is 6.07 Å². The molecule has 0 spiro atoms. The zero-order valence-electron chi connectivity index (χ0n) is 10.4. The molecule has 0 radical (unpaired) electrons. The predicted octanol–water partition coefficient (Wildman–Crippen LogP) is 3.98. The molecule has 1 aliphatic rings. The van der Waals surface area contributed by atoms with Gasteiger partial charge in [0.15, 0.2) is 0 Å². The zero-order valence-corrected chi connectivity index (χ0v) is 12.0. The summed E-state index contributed by atoms with van der Waals surface area (Å²) in [5.74, 6) is 0.774. The number of nitrogens with zero attached hydrogens (tertiary/aromatic N) is 2. The summed E-state index contributed by atoms with van der Waals surface area (Å²) >= 11 is 3.29. The van der Waals surface area contributed by atoms with Gasteiger partial charge in [-0.05, 0) is 30.9 Å². The zero-order chi connectivity index (χ0) is 13.1. The van der Waals surface area contributed by atoms with Gasteiger partial charge in [0.2, 0.25) is 0 Å². The molecular weight excluding hydrogens is 296 g/mol. The van der Waals surface area contributed by atoms with E-state index < -0.39 is 0 Å². The van der Waals surface area contributed by atoms with E-state index in [-0.39, 0.29) is 10.6 Å². The van der Waals surface area contributed by atoms with Gasteiger partial charge in [0.05, 0.1) is 4.92 Å². The molecule has 0 N–H and O–H groups in total. The first-order chi connectivity index (χ1) is 8.61. The van der Waals surface area contributed by atoms with E-state index in [4.69, 9.17) is 0 Å². The maximum atomic E-state index is 11.1. The van der Waals surface area contributed by atoms with Gasteiger partial charge in [-0.25, -0.2) is 0 Å². The van der Waals surface area contributed by atoms with E-state index in [1.165, 1.54) is 6.42 Å². The van der Waals surface area contributed by atoms with Gasteiger partial charge >= 0.3 is 0 Å². The Labute approximate surface area is 115 Å². The second kappa shape index (κ2) is 5.69. The van der Waals surface area contributed by atoms with E-state index in [1.807, 2.05) is 12.1 Å². The number of hydrogen-bond donors (Lipinski definition) is 0. The van der Waals surface area contributed by atoms with Crippen LogP contribution in [0.1, 0.15) is 26.2 Å². The molecule has 0 amide bonds. The highest BCUT2D eigenvalue weighted by molar-refractivity contribution is 9.10. The van der Waals surface area contributed by atoms with Crippen LogP contribution < -0.4 is 4.90 Å². The summed E-state index contributed by atoms with van der Waals surface area (Å²) in [6, 6.07) is 5.30. The molecule has 18 heavy (non-hydrogen) atoms. The number of hydrogen-bond acceptors (Lipinski definition) is 3.